The highest BCUT2D eigenvalue weighted by Gasteiger charge is 2.04. The first-order valence-corrected chi connectivity index (χ1v) is 12.4. The second kappa shape index (κ2) is 16.0. The van der Waals surface area contributed by atoms with Gasteiger partial charge in [-0.15, -0.1) is 0 Å². The van der Waals surface area contributed by atoms with Gasteiger partial charge in [0, 0.05) is 6.21 Å². The van der Waals surface area contributed by atoms with Crippen LogP contribution in [0.4, 0.5) is 11.4 Å². The number of rotatable bonds is 14. The molecule has 2 aromatic rings. The van der Waals surface area contributed by atoms with Gasteiger partial charge in [0.15, 0.2) is 0 Å². The number of aliphatic imine (C=N–C) groups is 2. The van der Waals surface area contributed by atoms with Gasteiger partial charge in [-0.05, 0) is 74.6 Å². The Morgan fingerprint density at radius 3 is 1.88 bits per heavy atom. The Kier molecular flexibility index (Phi) is 12.7. The maximum Gasteiger partial charge on any atom is 0.0665 e. The molecule has 0 saturated heterocycles. The highest BCUT2D eigenvalue weighted by Crippen LogP contribution is 2.23. The molecule has 2 aromatic carbocycles. The lowest BCUT2D eigenvalue weighted by Gasteiger charge is -2.07. The van der Waals surface area contributed by atoms with Crippen molar-refractivity contribution < 1.29 is 0 Å². The van der Waals surface area contributed by atoms with Gasteiger partial charge in [0.05, 0.1) is 17.1 Å². The fourth-order valence-electron chi connectivity index (χ4n) is 3.53. The van der Waals surface area contributed by atoms with Crippen LogP contribution < -0.4 is 0 Å². The Balaban J connectivity index is 2.23. The largest absolute Gasteiger partial charge is 0.255 e. The van der Waals surface area contributed by atoms with E-state index in [-0.39, 0.29) is 0 Å². The summed E-state index contributed by atoms with van der Waals surface area (Å²) in [7, 11) is 0. The summed E-state index contributed by atoms with van der Waals surface area (Å²) in [4.78, 5) is 9.94. The van der Waals surface area contributed by atoms with E-state index >= 15 is 0 Å². The lowest BCUT2D eigenvalue weighted by atomic mass is 10.1. The zero-order valence-electron chi connectivity index (χ0n) is 20.3. The first kappa shape index (κ1) is 25.5. The van der Waals surface area contributed by atoms with Gasteiger partial charge in [0.1, 0.15) is 0 Å². The van der Waals surface area contributed by atoms with Crippen molar-refractivity contribution in [3.05, 3.63) is 84.0 Å². The third kappa shape index (κ3) is 9.60. The standard InChI is InChI=1S/C30H40N2/c1-4-7-10-12-18-26-20-14-16-23-29(26)31-25-28(22-9-6-3)32-30-24-17-15-21-27(30)19-13-11-8-5-2/h7-8,10-11,14-17,20-21,23-25H,4-6,9,12-13,18-19,22H2,1-3H3. The SMILES string of the molecule is CCC=CCCc1ccccc1N=CC(CCCC)=Nc1ccccc1CCC=CCC. The molecule has 0 saturated carbocycles. The molecule has 0 aliphatic carbocycles. The molecule has 0 N–H and O–H groups in total. The quantitative estimate of drug-likeness (QED) is 0.212. The molecule has 0 fully saturated rings. The Morgan fingerprint density at radius 1 is 0.719 bits per heavy atom. The summed E-state index contributed by atoms with van der Waals surface area (Å²) in [6, 6.07) is 17.0. The van der Waals surface area contributed by atoms with Crippen molar-refractivity contribution in [3.63, 3.8) is 0 Å². The minimum absolute atomic E-state index is 0.950. The van der Waals surface area contributed by atoms with Gasteiger partial charge < -0.3 is 0 Å². The minimum Gasteiger partial charge on any atom is -0.255 e. The van der Waals surface area contributed by atoms with E-state index in [1.807, 2.05) is 6.21 Å². The smallest absolute Gasteiger partial charge is 0.0665 e. The van der Waals surface area contributed by atoms with E-state index in [4.69, 9.17) is 9.98 Å². The second-order valence-electron chi connectivity index (χ2n) is 8.06. The van der Waals surface area contributed by atoms with E-state index in [2.05, 4.69) is 93.6 Å². The summed E-state index contributed by atoms with van der Waals surface area (Å²) in [6.07, 6.45) is 20.5. The van der Waals surface area contributed by atoms with E-state index in [9.17, 15) is 0 Å². The van der Waals surface area contributed by atoms with Crippen LogP contribution in [0.25, 0.3) is 0 Å². The van der Waals surface area contributed by atoms with Crippen LogP contribution in [0.3, 0.4) is 0 Å². The van der Waals surface area contributed by atoms with Crippen LogP contribution in [-0.4, -0.2) is 11.9 Å². The summed E-state index contributed by atoms with van der Waals surface area (Å²) >= 11 is 0. The normalized spacial score (nSPS) is 12.5. The van der Waals surface area contributed by atoms with Gasteiger partial charge in [-0.3, -0.25) is 9.98 Å². The molecule has 0 radical (unpaired) electrons. The van der Waals surface area contributed by atoms with Gasteiger partial charge in [-0.25, -0.2) is 0 Å². The molecule has 0 atom stereocenters. The van der Waals surface area contributed by atoms with Crippen LogP contribution in [0.15, 0.2) is 82.8 Å². The van der Waals surface area contributed by atoms with E-state index in [1.54, 1.807) is 0 Å². The Hall–Kier alpha value is -2.74. The first-order chi connectivity index (χ1) is 15.8. The predicted octanol–water partition coefficient (Wildman–Crippen LogP) is 9.15. The highest BCUT2D eigenvalue weighted by molar-refractivity contribution is 6.31. The van der Waals surface area contributed by atoms with Crippen LogP contribution >= 0.6 is 0 Å². The topological polar surface area (TPSA) is 24.7 Å². The molecule has 170 valence electrons. The predicted molar refractivity (Wildman–Crippen MR) is 143 cm³/mol. The molecular weight excluding hydrogens is 388 g/mol. The highest BCUT2D eigenvalue weighted by atomic mass is 14.8. The van der Waals surface area contributed by atoms with Crippen molar-refractivity contribution in [2.24, 2.45) is 9.98 Å². The number of unbranched alkanes of at least 4 members (excludes halogenated alkanes) is 1. The molecule has 0 unspecified atom stereocenters. The molecule has 0 heterocycles. The van der Waals surface area contributed by atoms with Gasteiger partial charge in [0.2, 0.25) is 0 Å². The third-order valence-corrected chi connectivity index (χ3v) is 5.35. The van der Waals surface area contributed by atoms with E-state index in [0.717, 1.165) is 74.9 Å². The molecule has 0 bridgehead atoms. The minimum atomic E-state index is 0.950. The molecule has 2 rings (SSSR count). The molecule has 2 nitrogen and oxygen atoms in total. The average molecular weight is 429 g/mol. The maximum absolute atomic E-state index is 5.06. The lowest BCUT2D eigenvalue weighted by Crippen LogP contribution is -2.00. The van der Waals surface area contributed by atoms with Gasteiger partial charge >= 0.3 is 0 Å². The van der Waals surface area contributed by atoms with Gasteiger partial charge in [0.25, 0.3) is 0 Å². The van der Waals surface area contributed by atoms with Gasteiger partial charge in [-0.2, -0.15) is 0 Å². The summed E-state index contributed by atoms with van der Waals surface area (Å²) in [5.41, 5.74) is 5.79. The summed E-state index contributed by atoms with van der Waals surface area (Å²) < 4.78 is 0. The van der Waals surface area contributed by atoms with E-state index in [1.165, 1.54) is 11.1 Å². The lowest BCUT2D eigenvalue weighted by molar-refractivity contribution is 0.838. The molecule has 0 aliphatic rings. The van der Waals surface area contributed by atoms with Crippen LogP contribution in [0.5, 0.6) is 0 Å². The Bertz CT molecular complexity index is 903. The van der Waals surface area contributed by atoms with E-state index < -0.39 is 0 Å². The Morgan fingerprint density at radius 2 is 1.28 bits per heavy atom. The van der Waals surface area contributed by atoms with Crippen LogP contribution in [0.2, 0.25) is 0 Å². The maximum atomic E-state index is 5.06. The number of allylic oxidation sites excluding steroid dienone is 4. The first-order valence-electron chi connectivity index (χ1n) is 12.4. The fourth-order valence-corrected chi connectivity index (χ4v) is 3.53. The fraction of sp³-hybridized carbons (Fsp3) is 0.400. The van der Waals surface area contributed by atoms with Gasteiger partial charge in [-0.1, -0.05) is 87.9 Å². The number of hydrogen-bond acceptors (Lipinski definition) is 2. The number of para-hydroxylation sites is 2. The van der Waals surface area contributed by atoms with Crippen LogP contribution in [-0.2, 0) is 12.8 Å². The average Bonchev–Trinajstić information content (AvgIpc) is 2.83. The second-order valence-corrected chi connectivity index (χ2v) is 8.06. The molecule has 0 aromatic heterocycles. The summed E-state index contributed by atoms with van der Waals surface area (Å²) in [5.74, 6) is 0. The summed E-state index contributed by atoms with van der Waals surface area (Å²) in [5, 5.41) is 0. The molecule has 0 aliphatic heterocycles. The van der Waals surface area contributed by atoms with Crippen LogP contribution in [0, 0.1) is 0 Å². The molecule has 0 amide bonds. The zero-order valence-corrected chi connectivity index (χ0v) is 20.3. The van der Waals surface area contributed by atoms with Crippen molar-refractivity contribution in [1.82, 2.24) is 0 Å². The number of hydrogen-bond donors (Lipinski definition) is 0. The molecule has 2 heteroatoms. The number of nitrogens with zero attached hydrogens (tertiary/aromatic N) is 2. The number of aryl methyl sites for hydroxylation is 2. The molecular formula is C30H40N2. The monoisotopic (exact) mass is 428 g/mol. The van der Waals surface area contributed by atoms with Crippen molar-refractivity contribution in [1.29, 1.82) is 0 Å². The number of benzene rings is 2. The van der Waals surface area contributed by atoms with Crippen molar-refractivity contribution in [2.45, 2.75) is 78.6 Å². The molecule has 0 spiro atoms. The van der Waals surface area contributed by atoms with Crippen molar-refractivity contribution in [3.8, 4) is 0 Å². The Labute approximate surface area is 195 Å². The zero-order chi connectivity index (χ0) is 22.9. The third-order valence-electron chi connectivity index (χ3n) is 5.35. The summed E-state index contributed by atoms with van der Waals surface area (Å²) in [6.45, 7) is 6.57. The van der Waals surface area contributed by atoms with E-state index in [0.29, 0.717) is 0 Å². The van der Waals surface area contributed by atoms with Crippen LogP contribution in [0.1, 0.15) is 76.8 Å². The molecule has 32 heavy (non-hydrogen) atoms. The van der Waals surface area contributed by atoms with Crippen molar-refractivity contribution >= 4 is 23.3 Å². The van der Waals surface area contributed by atoms with Crippen molar-refractivity contribution in [2.75, 3.05) is 0 Å².